The van der Waals surface area contributed by atoms with Crippen molar-refractivity contribution in [3.8, 4) is 0 Å². The molecule has 0 saturated carbocycles. The zero-order chi connectivity index (χ0) is 10.6. The monoisotopic (exact) mass is 200 g/mol. The van der Waals surface area contributed by atoms with E-state index >= 15 is 0 Å². The van der Waals surface area contributed by atoms with E-state index in [1.54, 1.807) is 0 Å². The van der Waals surface area contributed by atoms with Gasteiger partial charge in [-0.1, -0.05) is 45.4 Å². The highest BCUT2D eigenvalue weighted by molar-refractivity contribution is 5.37. The van der Waals surface area contributed by atoms with Crippen LogP contribution in [-0.4, -0.2) is 12.6 Å². The Kier molecular flexibility index (Phi) is 10.2. The maximum Gasteiger partial charge on any atom is 0.293 e. The van der Waals surface area contributed by atoms with Gasteiger partial charge in [0.15, 0.2) is 0 Å². The van der Waals surface area contributed by atoms with Gasteiger partial charge in [-0.15, -0.1) is 0 Å². The zero-order valence-corrected chi connectivity index (χ0v) is 9.63. The van der Waals surface area contributed by atoms with Crippen molar-refractivity contribution >= 4 is 6.47 Å². The molecule has 0 amide bonds. The fraction of sp³-hybridized carbons (Fsp3) is 0.917. The van der Waals surface area contributed by atoms with E-state index in [2.05, 4.69) is 6.92 Å². The number of carbonyl (C=O) groups is 1. The van der Waals surface area contributed by atoms with Gasteiger partial charge < -0.3 is 4.74 Å². The van der Waals surface area contributed by atoms with E-state index in [9.17, 15) is 4.79 Å². The Labute approximate surface area is 88.0 Å². The second kappa shape index (κ2) is 10.6. The molecule has 0 fully saturated rings. The van der Waals surface area contributed by atoms with Crippen LogP contribution in [-0.2, 0) is 9.53 Å². The van der Waals surface area contributed by atoms with Crippen molar-refractivity contribution in [2.75, 3.05) is 0 Å². The number of hydrogen-bond donors (Lipinski definition) is 0. The summed E-state index contributed by atoms with van der Waals surface area (Å²) in [5.74, 6) is 0. The summed E-state index contributed by atoms with van der Waals surface area (Å²) in [6.45, 7) is 4.73. The average Bonchev–Trinajstić information content (AvgIpc) is 2.17. The quantitative estimate of drug-likeness (QED) is 0.397. The normalized spacial score (nSPS) is 12.4. The van der Waals surface area contributed by atoms with Crippen molar-refractivity contribution in [3.05, 3.63) is 0 Å². The summed E-state index contributed by atoms with van der Waals surface area (Å²) in [6, 6.07) is 0. The van der Waals surface area contributed by atoms with Crippen LogP contribution in [0.25, 0.3) is 0 Å². The highest BCUT2D eigenvalue weighted by atomic mass is 16.5. The van der Waals surface area contributed by atoms with Gasteiger partial charge in [-0.25, -0.2) is 0 Å². The molecule has 14 heavy (non-hydrogen) atoms. The van der Waals surface area contributed by atoms with E-state index in [1.165, 1.54) is 44.9 Å². The lowest BCUT2D eigenvalue weighted by Gasteiger charge is -2.08. The second-order valence-electron chi connectivity index (χ2n) is 3.95. The third-order valence-electron chi connectivity index (χ3n) is 2.50. The number of ether oxygens (including phenoxy) is 1. The first kappa shape index (κ1) is 13.5. The van der Waals surface area contributed by atoms with Gasteiger partial charge in [0.2, 0.25) is 0 Å². The number of rotatable bonds is 10. The van der Waals surface area contributed by atoms with Gasteiger partial charge in [0.05, 0.1) is 6.10 Å². The third-order valence-corrected chi connectivity index (χ3v) is 2.50. The fourth-order valence-electron chi connectivity index (χ4n) is 1.55. The van der Waals surface area contributed by atoms with Gasteiger partial charge in [0, 0.05) is 0 Å². The molecule has 0 aliphatic carbocycles. The minimum absolute atomic E-state index is 0.100. The SMILES string of the molecule is CCCCCCCCC[C@H](C)OC=O. The van der Waals surface area contributed by atoms with Gasteiger partial charge in [0.25, 0.3) is 6.47 Å². The van der Waals surface area contributed by atoms with E-state index < -0.39 is 0 Å². The van der Waals surface area contributed by atoms with E-state index in [1.807, 2.05) is 6.92 Å². The molecule has 0 aromatic rings. The summed E-state index contributed by atoms with van der Waals surface area (Å²) in [5.41, 5.74) is 0. The van der Waals surface area contributed by atoms with Crippen molar-refractivity contribution in [2.45, 2.75) is 71.3 Å². The van der Waals surface area contributed by atoms with Gasteiger partial charge >= 0.3 is 0 Å². The van der Waals surface area contributed by atoms with Crippen LogP contribution in [0.3, 0.4) is 0 Å². The average molecular weight is 200 g/mol. The number of hydrogen-bond acceptors (Lipinski definition) is 2. The first-order chi connectivity index (χ1) is 6.81. The molecule has 0 bridgehead atoms. The Morgan fingerprint density at radius 2 is 1.64 bits per heavy atom. The topological polar surface area (TPSA) is 26.3 Å². The Balaban J connectivity index is 3.01. The highest BCUT2D eigenvalue weighted by Gasteiger charge is 2.00. The van der Waals surface area contributed by atoms with Crippen LogP contribution < -0.4 is 0 Å². The van der Waals surface area contributed by atoms with Gasteiger partial charge in [0.1, 0.15) is 0 Å². The third kappa shape index (κ3) is 9.56. The summed E-state index contributed by atoms with van der Waals surface area (Å²) in [5, 5.41) is 0. The lowest BCUT2D eigenvalue weighted by atomic mass is 10.1. The Hall–Kier alpha value is -0.530. The maximum atomic E-state index is 10.0. The fourth-order valence-corrected chi connectivity index (χ4v) is 1.55. The summed E-state index contributed by atoms with van der Waals surface area (Å²) < 4.78 is 4.81. The molecule has 0 heterocycles. The summed E-state index contributed by atoms with van der Waals surface area (Å²) in [4.78, 5) is 10.0. The van der Waals surface area contributed by atoms with Crippen molar-refractivity contribution in [3.63, 3.8) is 0 Å². The minimum Gasteiger partial charge on any atom is -0.465 e. The largest absolute Gasteiger partial charge is 0.465 e. The molecular weight excluding hydrogens is 176 g/mol. The molecule has 0 saturated heterocycles. The smallest absolute Gasteiger partial charge is 0.293 e. The summed E-state index contributed by atoms with van der Waals surface area (Å²) in [6.07, 6.45) is 10.3. The molecule has 1 atom stereocenters. The zero-order valence-electron chi connectivity index (χ0n) is 9.63. The van der Waals surface area contributed by atoms with Gasteiger partial charge in [-0.3, -0.25) is 4.79 Å². The van der Waals surface area contributed by atoms with Gasteiger partial charge in [-0.2, -0.15) is 0 Å². The molecule has 0 radical (unpaired) electrons. The van der Waals surface area contributed by atoms with E-state index in [4.69, 9.17) is 4.74 Å². The van der Waals surface area contributed by atoms with Gasteiger partial charge in [-0.05, 0) is 19.8 Å². The molecule has 0 aromatic carbocycles. The molecular formula is C12H24O2. The Bertz CT molecular complexity index is 123. The molecule has 0 aliphatic rings. The maximum absolute atomic E-state index is 10.0. The predicted molar refractivity (Wildman–Crippen MR) is 59.2 cm³/mol. The highest BCUT2D eigenvalue weighted by Crippen LogP contribution is 2.10. The van der Waals surface area contributed by atoms with Crippen LogP contribution in [0.15, 0.2) is 0 Å². The molecule has 0 rings (SSSR count). The van der Waals surface area contributed by atoms with Crippen molar-refractivity contribution in [1.29, 1.82) is 0 Å². The van der Waals surface area contributed by atoms with Crippen LogP contribution in [0, 0.1) is 0 Å². The van der Waals surface area contributed by atoms with Crippen molar-refractivity contribution in [1.82, 2.24) is 0 Å². The van der Waals surface area contributed by atoms with E-state index in [-0.39, 0.29) is 6.10 Å². The van der Waals surface area contributed by atoms with Crippen LogP contribution in [0.4, 0.5) is 0 Å². The predicted octanol–water partition coefficient (Wildman–Crippen LogP) is 3.69. The molecule has 0 aromatic heterocycles. The molecule has 0 unspecified atom stereocenters. The molecule has 84 valence electrons. The van der Waals surface area contributed by atoms with Crippen molar-refractivity contribution in [2.24, 2.45) is 0 Å². The summed E-state index contributed by atoms with van der Waals surface area (Å²) in [7, 11) is 0. The van der Waals surface area contributed by atoms with Crippen LogP contribution in [0.1, 0.15) is 65.2 Å². The molecule has 0 N–H and O–H groups in total. The molecule has 2 nitrogen and oxygen atoms in total. The standard InChI is InChI=1S/C12H24O2/c1-3-4-5-6-7-8-9-10-12(2)14-11-13/h11-12H,3-10H2,1-2H3/t12-/m0/s1. The molecule has 0 spiro atoms. The second-order valence-corrected chi connectivity index (χ2v) is 3.95. The number of carbonyl (C=O) groups excluding carboxylic acids is 1. The number of unbranched alkanes of at least 4 members (excludes halogenated alkanes) is 6. The lowest BCUT2D eigenvalue weighted by molar-refractivity contribution is -0.133. The first-order valence-corrected chi connectivity index (χ1v) is 5.90. The van der Waals surface area contributed by atoms with Crippen molar-refractivity contribution < 1.29 is 9.53 Å². The van der Waals surface area contributed by atoms with E-state index in [0.29, 0.717) is 6.47 Å². The van der Waals surface area contributed by atoms with E-state index in [0.717, 1.165) is 6.42 Å². The summed E-state index contributed by atoms with van der Waals surface area (Å²) >= 11 is 0. The molecule has 0 aliphatic heterocycles. The minimum atomic E-state index is 0.100. The van der Waals surface area contributed by atoms with Crippen LogP contribution in [0.2, 0.25) is 0 Å². The van der Waals surface area contributed by atoms with Crippen LogP contribution in [0.5, 0.6) is 0 Å². The Morgan fingerprint density at radius 1 is 1.07 bits per heavy atom. The lowest BCUT2D eigenvalue weighted by Crippen LogP contribution is -2.05. The van der Waals surface area contributed by atoms with Crippen LogP contribution >= 0.6 is 0 Å². The Morgan fingerprint density at radius 3 is 2.21 bits per heavy atom. The first-order valence-electron chi connectivity index (χ1n) is 5.90. The molecule has 2 heteroatoms.